The van der Waals surface area contributed by atoms with Crippen LogP contribution in [-0.4, -0.2) is 11.4 Å². The zero-order valence-electron chi connectivity index (χ0n) is 13.6. The summed E-state index contributed by atoms with van der Waals surface area (Å²) >= 11 is 5.86. The lowest BCUT2D eigenvalue weighted by atomic mass is 9.86. The van der Waals surface area contributed by atoms with Crippen molar-refractivity contribution in [1.29, 1.82) is 0 Å². The van der Waals surface area contributed by atoms with Crippen LogP contribution in [0.25, 0.3) is 5.70 Å². The smallest absolute Gasteiger partial charge is 0.250 e. The average Bonchev–Trinajstić information content (AvgIpc) is 2.48. The van der Waals surface area contributed by atoms with Gasteiger partial charge in [0.15, 0.2) is 0 Å². The first-order valence-electron chi connectivity index (χ1n) is 7.58. The van der Waals surface area contributed by atoms with Gasteiger partial charge >= 0.3 is 0 Å². The normalized spacial score (nSPS) is 16.5. The molecular weight excluding hydrogens is 343 g/mol. The van der Waals surface area contributed by atoms with Crippen molar-refractivity contribution in [3.63, 3.8) is 0 Å². The average molecular weight is 363 g/mol. The number of hydrogen-bond donors (Lipinski definition) is 2. The first-order chi connectivity index (χ1) is 10.9. The molecule has 0 aromatic heterocycles. The Morgan fingerprint density at radius 3 is 2.54 bits per heavy atom. The molecule has 1 aliphatic heterocycles. The van der Waals surface area contributed by atoms with Crippen LogP contribution in [0, 0.1) is 0 Å². The van der Waals surface area contributed by atoms with Crippen molar-refractivity contribution in [3.05, 3.63) is 70.8 Å². The summed E-state index contributed by atoms with van der Waals surface area (Å²) in [6.07, 6.45) is 2.55. The van der Waals surface area contributed by atoms with E-state index in [-0.39, 0.29) is 23.9 Å². The molecule has 3 rings (SSSR count). The Labute approximate surface area is 153 Å². The van der Waals surface area contributed by atoms with Gasteiger partial charge in [-0.05, 0) is 50.1 Å². The van der Waals surface area contributed by atoms with E-state index in [2.05, 4.69) is 30.5 Å². The molecule has 0 saturated heterocycles. The standard InChI is InChI=1S/C19H19ClN2O.ClH/c1-19(2)12-13-5-3-4-6-16(13)17(22-19)11-18(23)21-15-9-7-14(20)8-10-15;/h3-11,22H,12H2,1-2H3,(H,21,23);1H/b17-11+;. The number of benzene rings is 2. The highest BCUT2D eigenvalue weighted by Crippen LogP contribution is 2.29. The molecule has 0 saturated carbocycles. The highest BCUT2D eigenvalue weighted by molar-refractivity contribution is 6.30. The molecule has 0 aliphatic carbocycles. The number of nitrogens with one attached hydrogen (secondary N) is 2. The Bertz CT molecular complexity index is 767. The highest BCUT2D eigenvalue weighted by Gasteiger charge is 2.27. The number of amides is 1. The SMILES string of the molecule is CC1(C)Cc2ccccc2/C(=C\C(=O)Nc2ccc(Cl)cc2)N1.Cl. The lowest BCUT2D eigenvalue weighted by Crippen LogP contribution is -2.44. The third-order valence-corrected chi connectivity index (χ3v) is 4.05. The monoisotopic (exact) mass is 362 g/mol. The van der Waals surface area contributed by atoms with Crippen LogP contribution >= 0.6 is 24.0 Å². The number of anilines is 1. The van der Waals surface area contributed by atoms with Gasteiger partial charge in [-0.2, -0.15) is 0 Å². The summed E-state index contributed by atoms with van der Waals surface area (Å²) in [7, 11) is 0. The van der Waals surface area contributed by atoms with Crippen molar-refractivity contribution in [1.82, 2.24) is 5.32 Å². The molecule has 24 heavy (non-hydrogen) atoms. The van der Waals surface area contributed by atoms with Gasteiger partial charge in [0.05, 0.1) is 0 Å². The maximum atomic E-state index is 12.3. The van der Waals surface area contributed by atoms with E-state index in [4.69, 9.17) is 11.6 Å². The predicted molar refractivity (Wildman–Crippen MR) is 103 cm³/mol. The second kappa shape index (κ2) is 7.29. The number of carbonyl (C=O) groups is 1. The van der Waals surface area contributed by atoms with E-state index in [1.54, 1.807) is 30.3 Å². The molecule has 126 valence electrons. The lowest BCUT2D eigenvalue weighted by Gasteiger charge is -2.35. The summed E-state index contributed by atoms with van der Waals surface area (Å²) in [5.74, 6) is -0.165. The van der Waals surface area contributed by atoms with Crippen molar-refractivity contribution < 1.29 is 4.79 Å². The third-order valence-electron chi connectivity index (χ3n) is 3.80. The van der Waals surface area contributed by atoms with Crippen LogP contribution in [0.1, 0.15) is 25.0 Å². The minimum Gasteiger partial charge on any atom is -0.379 e. The Balaban J connectivity index is 0.00000208. The number of fused-ring (bicyclic) bond motifs is 1. The molecule has 0 spiro atoms. The fraction of sp³-hybridized carbons (Fsp3) is 0.211. The van der Waals surface area contributed by atoms with Crippen LogP contribution in [0.2, 0.25) is 5.02 Å². The van der Waals surface area contributed by atoms with Gasteiger partial charge in [0.2, 0.25) is 5.91 Å². The number of carbonyl (C=O) groups excluding carboxylic acids is 1. The maximum absolute atomic E-state index is 12.3. The molecule has 0 fully saturated rings. The molecule has 5 heteroatoms. The number of rotatable bonds is 2. The Morgan fingerprint density at radius 2 is 1.83 bits per heavy atom. The maximum Gasteiger partial charge on any atom is 0.250 e. The zero-order chi connectivity index (χ0) is 16.4. The van der Waals surface area contributed by atoms with E-state index in [0.717, 1.165) is 23.4 Å². The van der Waals surface area contributed by atoms with Crippen LogP contribution in [-0.2, 0) is 11.2 Å². The van der Waals surface area contributed by atoms with E-state index in [0.29, 0.717) is 5.02 Å². The van der Waals surface area contributed by atoms with Crippen LogP contribution in [0.4, 0.5) is 5.69 Å². The molecule has 0 unspecified atom stereocenters. The lowest BCUT2D eigenvalue weighted by molar-refractivity contribution is -0.111. The minimum absolute atomic E-state index is 0. The fourth-order valence-electron chi connectivity index (χ4n) is 2.85. The fourth-order valence-corrected chi connectivity index (χ4v) is 2.97. The van der Waals surface area contributed by atoms with Gasteiger partial charge in [-0.15, -0.1) is 12.4 Å². The molecule has 1 heterocycles. The van der Waals surface area contributed by atoms with Crippen molar-refractivity contribution in [3.8, 4) is 0 Å². The van der Waals surface area contributed by atoms with Crippen LogP contribution in [0.3, 0.4) is 0 Å². The van der Waals surface area contributed by atoms with Crippen molar-refractivity contribution in [2.45, 2.75) is 25.8 Å². The van der Waals surface area contributed by atoms with Crippen molar-refractivity contribution in [2.24, 2.45) is 0 Å². The summed E-state index contributed by atoms with van der Waals surface area (Å²) in [6, 6.07) is 15.2. The van der Waals surface area contributed by atoms with Gasteiger partial charge in [-0.3, -0.25) is 4.79 Å². The summed E-state index contributed by atoms with van der Waals surface area (Å²) in [5.41, 5.74) is 3.82. The van der Waals surface area contributed by atoms with Crippen LogP contribution < -0.4 is 10.6 Å². The molecule has 2 N–H and O–H groups in total. The molecule has 0 bridgehead atoms. The van der Waals surface area contributed by atoms with E-state index >= 15 is 0 Å². The quantitative estimate of drug-likeness (QED) is 0.762. The van der Waals surface area contributed by atoms with Gasteiger partial charge in [0, 0.05) is 33.6 Å². The van der Waals surface area contributed by atoms with Crippen LogP contribution in [0.15, 0.2) is 54.6 Å². The third kappa shape index (κ3) is 4.31. The van der Waals surface area contributed by atoms with Gasteiger partial charge in [-0.25, -0.2) is 0 Å². The molecule has 1 aliphatic rings. The van der Waals surface area contributed by atoms with Gasteiger partial charge in [0.25, 0.3) is 0 Å². The summed E-state index contributed by atoms with van der Waals surface area (Å²) in [4.78, 5) is 12.3. The van der Waals surface area contributed by atoms with E-state index < -0.39 is 0 Å². The molecular formula is C19H20Cl2N2O. The summed E-state index contributed by atoms with van der Waals surface area (Å²) < 4.78 is 0. The Morgan fingerprint density at radius 1 is 1.17 bits per heavy atom. The predicted octanol–water partition coefficient (Wildman–Crippen LogP) is 4.67. The summed E-state index contributed by atoms with van der Waals surface area (Å²) in [5, 5.41) is 6.96. The largest absolute Gasteiger partial charge is 0.379 e. The second-order valence-electron chi connectivity index (χ2n) is 6.40. The molecule has 0 atom stereocenters. The number of halogens is 2. The molecule has 2 aromatic carbocycles. The molecule has 1 amide bonds. The van der Waals surface area contributed by atoms with E-state index in [1.807, 2.05) is 18.2 Å². The van der Waals surface area contributed by atoms with Crippen molar-refractivity contribution >= 4 is 41.3 Å². The highest BCUT2D eigenvalue weighted by atomic mass is 35.5. The molecule has 2 aromatic rings. The van der Waals surface area contributed by atoms with Gasteiger partial charge in [0.1, 0.15) is 0 Å². The van der Waals surface area contributed by atoms with E-state index in [1.165, 1.54) is 5.56 Å². The first-order valence-corrected chi connectivity index (χ1v) is 7.95. The van der Waals surface area contributed by atoms with Gasteiger partial charge < -0.3 is 10.6 Å². The van der Waals surface area contributed by atoms with Crippen LogP contribution in [0.5, 0.6) is 0 Å². The number of hydrogen-bond acceptors (Lipinski definition) is 2. The van der Waals surface area contributed by atoms with Crippen molar-refractivity contribution in [2.75, 3.05) is 5.32 Å². The molecule has 0 radical (unpaired) electrons. The van der Waals surface area contributed by atoms with Gasteiger partial charge in [-0.1, -0.05) is 35.9 Å². The Kier molecular flexibility index (Phi) is 5.58. The second-order valence-corrected chi connectivity index (χ2v) is 6.83. The summed E-state index contributed by atoms with van der Waals surface area (Å²) in [6.45, 7) is 4.27. The minimum atomic E-state index is -0.165. The molecule has 3 nitrogen and oxygen atoms in total. The first kappa shape index (κ1) is 18.4. The zero-order valence-corrected chi connectivity index (χ0v) is 15.2. The topological polar surface area (TPSA) is 41.1 Å². The van der Waals surface area contributed by atoms with E-state index in [9.17, 15) is 4.79 Å². The Hall–Kier alpha value is -1.97.